The Balaban J connectivity index is 1.84. The fourth-order valence-corrected chi connectivity index (χ4v) is 5.08. The molecule has 2 aromatic carbocycles. The van der Waals surface area contributed by atoms with Crippen LogP contribution in [0.15, 0.2) is 47.4 Å². The number of nitrogens with one attached hydrogen (secondary N) is 1. The molecule has 0 aliphatic heterocycles. The van der Waals surface area contributed by atoms with Gasteiger partial charge in [0.05, 0.1) is 12.8 Å². The molecular formula is C20H22N2O3S2. The van der Waals surface area contributed by atoms with Crippen molar-refractivity contribution in [2.45, 2.75) is 32.2 Å². The number of aryl methyl sites for hydroxylation is 3. The summed E-state index contributed by atoms with van der Waals surface area (Å²) in [6.07, 6.45) is 0. The van der Waals surface area contributed by atoms with Gasteiger partial charge in [-0.3, -0.25) is 0 Å². The van der Waals surface area contributed by atoms with Crippen LogP contribution in [0, 0.1) is 20.8 Å². The first-order chi connectivity index (χ1) is 12.8. The van der Waals surface area contributed by atoms with Crippen molar-refractivity contribution >= 4 is 21.4 Å². The molecule has 0 unspecified atom stereocenters. The summed E-state index contributed by atoms with van der Waals surface area (Å²) < 4.78 is 33.4. The lowest BCUT2D eigenvalue weighted by Gasteiger charge is -2.11. The van der Waals surface area contributed by atoms with Crippen molar-refractivity contribution in [3.63, 3.8) is 0 Å². The van der Waals surface area contributed by atoms with Gasteiger partial charge in [-0.05, 0) is 44.0 Å². The lowest BCUT2D eigenvalue weighted by atomic mass is 10.1. The number of hydrogen-bond acceptors (Lipinski definition) is 5. The van der Waals surface area contributed by atoms with Crippen LogP contribution in [0.1, 0.15) is 21.7 Å². The number of thiazole rings is 1. The van der Waals surface area contributed by atoms with Crippen molar-refractivity contribution < 1.29 is 13.2 Å². The lowest BCUT2D eigenvalue weighted by molar-refractivity contribution is 0.402. The maximum atomic E-state index is 12.7. The fourth-order valence-electron chi connectivity index (χ4n) is 2.76. The third-order valence-corrected chi connectivity index (χ3v) is 6.93. The van der Waals surface area contributed by atoms with Gasteiger partial charge in [0.1, 0.15) is 15.7 Å². The molecule has 0 radical (unpaired) electrons. The molecule has 0 aliphatic carbocycles. The van der Waals surface area contributed by atoms with Gasteiger partial charge in [-0.25, -0.2) is 18.1 Å². The number of benzene rings is 2. The van der Waals surface area contributed by atoms with E-state index in [1.807, 2.05) is 45.0 Å². The van der Waals surface area contributed by atoms with Crippen molar-refractivity contribution in [2.24, 2.45) is 0 Å². The molecule has 0 spiro atoms. The first-order valence-electron chi connectivity index (χ1n) is 8.48. The van der Waals surface area contributed by atoms with Crippen LogP contribution in [-0.2, 0) is 16.6 Å². The van der Waals surface area contributed by atoms with Gasteiger partial charge < -0.3 is 4.74 Å². The Bertz CT molecular complexity index is 1070. The molecule has 0 aliphatic rings. The van der Waals surface area contributed by atoms with Crippen LogP contribution in [0.3, 0.4) is 0 Å². The average Bonchev–Trinajstić information content (AvgIpc) is 3.00. The Morgan fingerprint density at radius 2 is 1.85 bits per heavy atom. The number of hydrogen-bond donors (Lipinski definition) is 1. The number of methoxy groups -OCH3 is 1. The Morgan fingerprint density at radius 3 is 2.56 bits per heavy atom. The third-order valence-electron chi connectivity index (χ3n) is 4.30. The molecule has 0 bridgehead atoms. The average molecular weight is 403 g/mol. The minimum atomic E-state index is -3.69. The molecule has 1 heterocycles. The summed E-state index contributed by atoms with van der Waals surface area (Å²) in [4.78, 5) is 5.65. The van der Waals surface area contributed by atoms with Gasteiger partial charge in [-0.15, -0.1) is 11.3 Å². The van der Waals surface area contributed by atoms with Crippen molar-refractivity contribution in [1.82, 2.24) is 9.71 Å². The van der Waals surface area contributed by atoms with Crippen LogP contribution >= 0.6 is 11.3 Å². The molecule has 1 aromatic heterocycles. The van der Waals surface area contributed by atoms with Crippen LogP contribution in [0.4, 0.5) is 0 Å². The van der Waals surface area contributed by atoms with E-state index in [1.165, 1.54) is 18.4 Å². The van der Waals surface area contributed by atoms with E-state index in [-0.39, 0.29) is 11.4 Å². The first kappa shape index (κ1) is 19.5. The second kappa shape index (κ2) is 7.80. The molecule has 0 atom stereocenters. The van der Waals surface area contributed by atoms with Gasteiger partial charge in [0, 0.05) is 17.0 Å². The Morgan fingerprint density at radius 1 is 1.11 bits per heavy atom. The first-order valence-corrected chi connectivity index (χ1v) is 10.8. The summed E-state index contributed by atoms with van der Waals surface area (Å²) in [5, 5.41) is 0.896. The predicted octanol–water partition coefficient (Wildman–Crippen LogP) is 4.22. The van der Waals surface area contributed by atoms with E-state index in [4.69, 9.17) is 4.74 Å². The Labute approximate surface area is 164 Å². The van der Waals surface area contributed by atoms with Crippen molar-refractivity contribution in [3.05, 3.63) is 64.2 Å². The fraction of sp³-hybridized carbons (Fsp3) is 0.250. The van der Waals surface area contributed by atoms with Gasteiger partial charge >= 0.3 is 0 Å². The van der Waals surface area contributed by atoms with Gasteiger partial charge in [0.25, 0.3) is 0 Å². The number of sulfonamides is 1. The molecule has 0 saturated heterocycles. The number of ether oxygens (including phenoxy) is 1. The minimum absolute atomic E-state index is 0.136. The summed E-state index contributed by atoms with van der Waals surface area (Å²) in [5.74, 6) is 0.337. The molecule has 27 heavy (non-hydrogen) atoms. The molecule has 0 saturated carbocycles. The summed E-state index contributed by atoms with van der Waals surface area (Å²) in [6, 6.07) is 13.1. The third kappa shape index (κ3) is 4.21. The summed E-state index contributed by atoms with van der Waals surface area (Å²) in [6.45, 7) is 6.02. The highest BCUT2D eigenvalue weighted by molar-refractivity contribution is 7.89. The van der Waals surface area contributed by atoms with Crippen LogP contribution in [0.25, 0.3) is 10.6 Å². The SMILES string of the molecule is COc1cc(C)ccc1S(=O)(=O)NCc1sc(-c2ccccc2C)nc1C. The summed E-state index contributed by atoms with van der Waals surface area (Å²) >= 11 is 1.51. The standard InChI is InChI=1S/C20H22N2O3S2/c1-13-9-10-19(17(11-13)25-4)27(23,24)21-12-18-15(3)22-20(26-18)16-8-6-5-7-14(16)2/h5-11,21H,12H2,1-4H3. The van der Waals surface area contributed by atoms with Crippen LogP contribution in [0.2, 0.25) is 0 Å². The van der Waals surface area contributed by atoms with E-state index in [0.29, 0.717) is 5.75 Å². The quantitative estimate of drug-likeness (QED) is 0.670. The zero-order valence-electron chi connectivity index (χ0n) is 15.7. The summed E-state index contributed by atoms with van der Waals surface area (Å²) in [5.41, 5.74) is 3.98. The van der Waals surface area contributed by atoms with Crippen LogP contribution in [-0.4, -0.2) is 20.5 Å². The maximum absolute atomic E-state index is 12.7. The zero-order chi connectivity index (χ0) is 19.6. The Kier molecular flexibility index (Phi) is 5.64. The van der Waals surface area contributed by atoms with E-state index >= 15 is 0 Å². The highest BCUT2D eigenvalue weighted by Crippen LogP contribution is 2.31. The van der Waals surface area contributed by atoms with Crippen molar-refractivity contribution in [1.29, 1.82) is 0 Å². The molecule has 0 amide bonds. The molecule has 3 rings (SSSR count). The second-order valence-corrected chi connectivity index (χ2v) is 9.14. The minimum Gasteiger partial charge on any atom is -0.495 e. The van der Waals surface area contributed by atoms with Gasteiger partial charge in [0.15, 0.2) is 0 Å². The molecule has 1 N–H and O–H groups in total. The Hall–Kier alpha value is -2.22. The van der Waals surface area contributed by atoms with Crippen LogP contribution < -0.4 is 9.46 Å². The molecule has 3 aromatic rings. The van der Waals surface area contributed by atoms with E-state index in [0.717, 1.165) is 32.3 Å². The van der Waals surface area contributed by atoms with E-state index in [2.05, 4.69) is 9.71 Å². The van der Waals surface area contributed by atoms with Crippen molar-refractivity contribution in [2.75, 3.05) is 7.11 Å². The largest absolute Gasteiger partial charge is 0.495 e. The van der Waals surface area contributed by atoms with E-state index in [9.17, 15) is 8.42 Å². The number of aromatic nitrogens is 1. The summed E-state index contributed by atoms with van der Waals surface area (Å²) in [7, 11) is -2.23. The predicted molar refractivity (Wildman–Crippen MR) is 109 cm³/mol. The number of nitrogens with zero attached hydrogens (tertiary/aromatic N) is 1. The van der Waals surface area contributed by atoms with Gasteiger partial charge in [0.2, 0.25) is 10.0 Å². The normalized spacial score (nSPS) is 11.6. The molecule has 0 fully saturated rings. The van der Waals surface area contributed by atoms with Gasteiger partial charge in [-0.2, -0.15) is 0 Å². The van der Waals surface area contributed by atoms with E-state index in [1.54, 1.807) is 18.2 Å². The highest BCUT2D eigenvalue weighted by atomic mass is 32.2. The van der Waals surface area contributed by atoms with Crippen LogP contribution in [0.5, 0.6) is 5.75 Å². The smallest absolute Gasteiger partial charge is 0.244 e. The molecule has 142 valence electrons. The zero-order valence-corrected chi connectivity index (χ0v) is 17.4. The lowest BCUT2D eigenvalue weighted by Crippen LogP contribution is -2.23. The van der Waals surface area contributed by atoms with E-state index < -0.39 is 10.0 Å². The monoisotopic (exact) mass is 402 g/mol. The van der Waals surface area contributed by atoms with Crippen molar-refractivity contribution in [3.8, 4) is 16.3 Å². The second-order valence-electron chi connectivity index (χ2n) is 6.32. The maximum Gasteiger partial charge on any atom is 0.244 e. The highest BCUT2D eigenvalue weighted by Gasteiger charge is 2.20. The molecule has 7 heteroatoms. The molecular weight excluding hydrogens is 380 g/mol. The topological polar surface area (TPSA) is 68.3 Å². The van der Waals surface area contributed by atoms with Gasteiger partial charge in [-0.1, -0.05) is 30.3 Å². The molecule has 5 nitrogen and oxygen atoms in total. The number of rotatable bonds is 6.